The summed E-state index contributed by atoms with van der Waals surface area (Å²) in [7, 11) is 0. The predicted molar refractivity (Wildman–Crippen MR) is 80.4 cm³/mol. The van der Waals surface area contributed by atoms with Gasteiger partial charge < -0.3 is 0 Å². The maximum absolute atomic E-state index is 2.33. The molecule has 0 aliphatic heterocycles. The maximum Gasteiger partial charge on any atom is -0.0169 e. The second-order valence-electron chi connectivity index (χ2n) is 4.89. The molecule has 100 valence electrons. The Hall–Kier alpha value is -0.520. The summed E-state index contributed by atoms with van der Waals surface area (Å²) in [5, 5.41) is 0. The van der Waals surface area contributed by atoms with E-state index >= 15 is 0 Å². The molecule has 0 spiro atoms. The maximum atomic E-state index is 2.33. The third-order valence-corrected chi connectivity index (χ3v) is 3.15. The molecule has 0 amide bonds. The van der Waals surface area contributed by atoms with Gasteiger partial charge in [-0.15, -0.1) is 0 Å². The first-order valence-electron chi connectivity index (χ1n) is 7.68. The third-order valence-electron chi connectivity index (χ3n) is 3.15. The fourth-order valence-corrected chi connectivity index (χ4v) is 2.00. The Morgan fingerprint density at radius 3 is 1.82 bits per heavy atom. The van der Waals surface area contributed by atoms with Crippen molar-refractivity contribution in [2.75, 3.05) is 0 Å². The second kappa shape index (κ2) is 15.5. The van der Waals surface area contributed by atoms with Crippen LogP contribution in [0.2, 0.25) is 0 Å². The van der Waals surface area contributed by atoms with Crippen LogP contribution in [-0.2, 0) is 0 Å². The molecule has 0 unspecified atom stereocenters. The van der Waals surface area contributed by atoms with Gasteiger partial charge in [-0.1, -0.05) is 82.6 Å². The SMILES string of the molecule is CC=CCC=CCCCCCCCCCCC. The molecular weight excluding hydrogens is 204 g/mol. The molecule has 0 aliphatic carbocycles. The van der Waals surface area contributed by atoms with Crippen molar-refractivity contribution in [3.8, 4) is 0 Å². The van der Waals surface area contributed by atoms with Crippen LogP contribution in [-0.4, -0.2) is 0 Å². The zero-order chi connectivity index (χ0) is 12.6. The average molecular weight is 236 g/mol. The molecule has 0 heteroatoms. The Balaban J connectivity index is 3.00. The molecule has 0 saturated carbocycles. The fourth-order valence-electron chi connectivity index (χ4n) is 2.00. The van der Waals surface area contributed by atoms with Crippen LogP contribution in [0, 0.1) is 0 Å². The van der Waals surface area contributed by atoms with Crippen LogP contribution in [0.15, 0.2) is 24.3 Å². The van der Waals surface area contributed by atoms with Gasteiger partial charge in [-0.2, -0.15) is 0 Å². The Bertz CT molecular complexity index is 176. The molecule has 17 heavy (non-hydrogen) atoms. The van der Waals surface area contributed by atoms with Crippen molar-refractivity contribution in [2.24, 2.45) is 0 Å². The van der Waals surface area contributed by atoms with Gasteiger partial charge in [-0.25, -0.2) is 0 Å². The van der Waals surface area contributed by atoms with Crippen molar-refractivity contribution in [2.45, 2.75) is 84.5 Å². The number of hydrogen-bond donors (Lipinski definition) is 0. The minimum Gasteiger partial charge on any atom is -0.0914 e. The molecule has 0 radical (unpaired) electrons. The van der Waals surface area contributed by atoms with E-state index in [0.29, 0.717) is 0 Å². The first kappa shape index (κ1) is 16.5. The molecule has 0 aromatic carbocycles. The fraction of sp³-hybridized carbons (Fsp3) is 0.765. The van der Waals surface area contributed by atoms with Gasteiger partial charge in [0.15, 0.2) is 0 Å². The van der Waals surface area contributed by atoms with E-state index in [1.807, 2.05) is 0 Å². The summed E-state index contributed by atoms with van der Waals surface area (Å²) in [4.78, 5) is 0. The van der Waals surface area contributed by atoms with Crippen LogP contribution in [0.1, 0.15) is 84.5 Å². The lowest BCUT2D eigenvalue weighted by atomic mass is 10.1. The van der Waals surface area contributed by atoms with E-state index in [9.17, 15) is 0 Å². The summed E-state index contributed by atoms with van der Waals surface area (Å²) in [5.41, 5.74) is 0. The van der Waals surface area contributed by atoms with Crippen LogP contribution in [0.3, 0.4) is 0 Å². The van der Waals surface area contributed by atoms with Gasteiger partial charge in [0.2, 0.25) is 0 Å². The third kappa shape index (κ3) is 15.5. The summed E-state index contributed by atoms with van der Waals surface area (Å²) in [6, 6.07) is 0. The second-order valence-corrected chi connectivity index (χ2v) is 4.89. The largest absolute Gasteiger partial charge is 0.0914 e. The van der Waals surface area contributed by atoms with Gasteiger partial charge in [0.25, 0.3) is 0 Å². The van der Waals surface area contributed by atoms with E-state index in [1.165, 1.54) is 64.2 Å². The minimum atomic E-state index is 1.11. The van der Waals surface area contributed by atoms with Crippen LogP contribution in [0.4, 0.5) is 0 Å². The topological polar surface area (TPSA) is 0 Å². The minimum absolute atomic E-state index is 1.11. The zero-order valence-corrected chi connectivity index (χ0v) is 12.1. The lowest BCUT2D eigenvalue weighted by Crippen LogP contribution is -1.80. The van der Waals surface area contributed by atoms with Crippen LogP contribution in [0.25, 0.3) is 0 Å². The highest BCUT2D eigenvalue weighted by molar-refractivity contribution is 4.91. The lowest BCUT2D eigenvalue weighted by molar-refractivity contribution is 0.566. The van der Waals surface area contributed by atoms with Gasteiger partial charge >= 0.3 is 0 Å². The van der Waals surface area contributed by atoms with E-state index < -0.39 is 0 Å². The van der Waals surface area contributed by atoms with Crippen LogP contribution < -0.4 is 0 Å². The highest BCUT2D eigenvalue weighted by Crippen LogP contribution is 2.10. The Morgan fingerprint density at radius 1 is 0.647 bits per heavy atom. The Morgan fingerprint density at radius 2 is 1.24 bits per heavy atom. The van der Waals surface area contributed by atoms with Crippen molar-refractivity contribution >= 4 is 0 Å². The van der Waals surface area contributed by atoms with Crippen molar-refractivity contribution < 1.29 is 0 Å². The van der Waals surface area contributed by atoms with E-state index in [4.69, 9.17) is 0 Å². The molecular formula is C17H32. The monoisotopic (exact) mass is 236 g/mol. The van der Waals surface area contributed by atoms with Gasteiger partial charge in [0.1, 0.15) is 0 Å². The number of hydrogen-bond acceptors (Lipinski definition) is 0. The molecule has 0 aliphatic rings. The zero-order valence-electron chi connectivity index (χ0n) is 12.1. The Labute approximate surface area is 109 Å². The molecule has 0 bridgehead atoms. The molecule has 0 N–H and O–H groups in total. The highest BCUT2D eigenvalue weighted by Gasteiger charge is 1.90. The first-order valence-corrected chi connectivity index (χ1v) is 7.68. The summed E-state index contributed by atoms with van der Waals surface area (Å²) in [6.45, 7) is 4.36. The Kier molecular flexibility index (Phi) is 15.0. The van der Waals surface area contributed by atoms with E-state index in [1.54, 1.807) is 0 Å². The molecule has 0 rings (SSSR count). The van der Waals surface area contributed by atoms with Crippen molar-refractivity contribution in [1.82, 2.24) is 0 Å². The molecule has 0 aromatic heterocycles. The van der Waals surface area contributed by atoms with E-state index in [0.717, 1.165) is 6.42 Å². The van der Waals surface area contributed by atoms with E-state index in [-0.39, 0.29) is 0 Å². The summed E-state index contributed by atoms with van der Waals surface area (Å²) < 4.78 is 0. The molecule has 0 nitrogen and oxygen atoms in total. The molecule has 0 saturated heterocycles. The van der Waals surface area contributed by atoms with Gasteiger partial charge in [-0.3, -0.25) is 0 Å². The normalized spacial score (nSPS) is 11.9. The van der Waals surface area contributed by atoms with Crippen LogP contribution in [0.5, 0.6) is 0 Å². The van der Waals surface area contributed by atoms with Gasteiger partial charge in [0.05, 0.1) is 0 Å². The highest BCUT2D eigenvalue weighted by atomic mass is 14.0. The molecule has 0 atom stereocenters. The number of allylic oxidation sites excluding steroid dienone is 4. The van der Waals surface area contributed by atoms with E-state index in [2.05, 4.69) is 38.2 Å². The summed E-state index contributed by atoms with van der Waals surface area (Å²) in [5.74, 6) is 0. The van der Waals surface area contributed by atoms with Crippen molar-refractivity contribution in [3.63, 3.8) is 0 Å². The van der Waals surface area contributed by atoms with Gasteiger partial charge in [0, 0.05) is 0 Å². The summed E-state index contributed by atoms with van der Waals surface area (Å²) in [6.07, 6.45) is 24.1. The average Bonchev–Trinajstić information content (AvgIpc) is 2.35. The number of rotatable bonds is 12. The quantitative estimate of drug-likeness (QED) is 0.270. The molecule has 0 fully saturated rings. The van der Waals surface area contributed by atoms with Crippen LogP contribution >= 0.6 is 0 Å². The predicted octanol–water partition coefficient (Wildman–Crippen LogP) is 6.43. The number of unbranched alkanes of at least 4 members (excludes halogenated alkanes) is 9. The van der Waals surface area contributed by atoms with Gasteiger partial charge in [-0.05, 0) is 26.2 Å². The van der Waals surface area contributed by atoms with Crippen molar-refractivity contribution in [1.29, 1.82) is 0 Å². The van der Waals surface area contributed by atoms with Crippen molar-refractivity contribution in [3.05, 3.63) is 24.3 Å². The smallest absolute Gasteiger partial charge is 0.0169 e. The molecule has 0 heterocycles. The molecule has 0 aromatic rings. The first-order chi connectivity index (χ1) is 8.41. The summed E-state index contributed by atoms with van der Waals surface area (Å²) >= 11 is 0. The lowest BCUT2D eigenvalue weighted by Gasteiger charge is -2.00. The standard InChI is InChI=1S/C17H32/c1-3-5-7-9-11-13-15-17-16-14-12-10-8-6-4-2/h3,5,9,11H,4,6-8,10,12-17H2,1-2H3.